The van der Waals surface area contributed by atoms with Gasteiger partial charge in [0, 0.05) is 24.8 Å². The van der Waals surface area contributed by atoms with Crippen LogP contribution in [-0.4, -0.2) is 36.5 Å². The van der Waals surface area contributed by atoms with E-state index in [9.17, 15) is 5.11 Å². The van der Waals surface area contributed by atoms with Crippen molar-refractivity contribution in [3.05, 3.63) is 0 Å². The number of hydrogen-bond donors (Lipinski definition) is 2. The number of aliphatic hydroxyl groups excluding tert-OH is 1. The summed E-state index contributed by atoms with van der Waals surface area (Å²) in [5.41, 5.74) is 0.00788. The Morgan fingerprint density at radius 3 is 2.74 bits per heavy atom. The van der Waals surface area contributed by atoms with Gasteiger partial charge in [0.05, 0.1) is 6.61 Å². The molecule has 2 fully saturated rings. The maximum atomic E-state index is 9.83. The molecular weight excluding hydrogens is 238 g/mol. The van der Waals surface area contributed by atoms with Gasteiger partial charge in [-0.3, -0.25) is 0 Å². The van der Waals surface area contributed by atoms with Crippen LogP contribution in [0.3, 0.4) is 0 Å². The summed E-state index contributed by atoms with van der Waals surface area (Å²) in [6.07, 6.45) is 11.0. The quantitative estimate of drug-likeness (QED) is 0.599. The van der Waals surface area contributed by atoms with Crippen LogP contribution in [-0.2, 0) is 4.74 Å². The summed E-state index contributed by atoms with van der Waals surface area (Å²) in [6, 6.07) is 0.679. The van der Waals surface area contributed by atoms with Crippen molar-refractivity contribution in [1.29, 1.82) is 0 Å². The number of unbranched alkanes of at least 4 members (excludes halogenated alkanes) is 2. The van der Waals surface area contributed by atoms with Crippen molar-refractivity contribution in [3.63, 3.8) is 0 Å². The first kappa shape index (κ1) is 15.3. The molecule has 0 radical (unpaired) electrons. The molecule has 2 saturated carbocycles. The first-order valence-corrected chi connectivity index (χ1v) is 8.27. The van der Waals surface area contributed by atoms with Crippen LogP contribution in [0.4, 0.5) is 0 Å². The standard InChI is InChI=1S/C16H31NO2/c1-2-3-4-11-19-12-9-14-6-5-10-16(14,13-18)17-15-7-8-15/h14-15,17-18H,2-13H2,1H3. The SMILES string of the molecule is CCCCCOCCC1CCCC1(CO)NC1CC1. The van der Waals surface area contributed by atoms with E-state index in [1.165, 1.54) is 44.9 Å². The van der Waals surface area contributed by atoms with E-state index in [1.54, 1.807) is 0 Å². The second-order valence-electron chi connectivity index (χ2n) is 6.43. The molecule has 3 nitrogen and oxygen atoms in total. The maximum absolute atomic E-state index is 9.83. The van der Waals surface area contributed by atoms with Crippen LogP contribution in [0.15, 0.2) is 0 Å². The van der Waals surface area contributed by atoms with Crippen LogP contribution in [0.25, 0.3) is 0 Å². The Balaban J connectivity index is 1.68. The third-order valence-electron chi connectivity index (χ3n) is 4.81. The summed E-state index contributed by atoms with van der Waals surface area (Å²) in [5, 5.41) is 13.6. The van der Waals surface area contributed by atoms with Crippen molar-refractivity contribution in [2.75, 3.05) is 19.8 Å². The number of rotatable bonds is 10. The Labute approximate surface area is 118 Å². The van der Waals surface area contributed by atoms with E-state index < -0.39 is 0 Å². The molecular formula is C16H31NO2. The Hall–Kier alpha value is -0.120. The van der Waals surface area contributed by atoms with Crippen molar-refractivity contribution in [2.24, 2.45) is 5.92 Å². The van der Waals surface area contributed by atoms with Gasteiger partial charge in [0.15, 0.2) is 0 Å². The lowest BCUT2D eigenvalue weighted by Crippen LogP contribution is -2.52. The summed E-state index contributed by atoms with van der Waals surface area (Å²) in [5.74, 6) is 0.601. The molecule has 112 valence electrons. The molecule has 0 aromatic heterocycles. The minimum absolute atomic E-state index is 0.00788. The predicted octanol–water partition coefficient (Wildman–Crippen LogP) is 2.87. The van der Waals surface area contributed by atoms with Gasteiger partial charge < -0.3 is 15.2 Å². The number of ether oxygens (including phenoxy) is 1. The fourth-order valence-electron chi connectivity index (χ4n) is 3.42. The highest BCUT2D eigenvalue weighted by atomic mass is 16.5. The summed E-state index contributed by atoms with van der Waals surface area (Å²) in [6.45, 7) is 4.28. The minimum atomic E-state index is 0.00788. The second kappa shape index (κ2) is 7.61. The molecule has 0 amide bonds. The third kappa shape index (κ3) is 4.44. The van der Waals surface area contributed by atoms with Crippen molar-refractivity contribution in [3.8, 4) is 0 Å². The minimum Gasteiger partial charge on any atom is -0.394 e. The molecule has 2 rings (SSSR count). The van der Waals surface area contributed by atoms with Crippen LogP contribution in [0.5, 0.6) is 0 Å². The lowest BCUT2D eigenvalue weighted by Gasteiger charge is -2.35. The molecule has 2 N–H and O–H groups in total. The zero-order valence-electron chi connectivity index (χ0n) is 12.5. The Morgan fingerprint density at radius 1 is 1.21 bits per heavy atom. The van der Waals surface area contributed by atoms with Crippen molar-refractivity contribution >= 4 is 0 Å². The van der Waals surface area contributed by atoms with Gasteiger partial charge in [0.25, 0.3) is 0 Å². The molecule has 0 heterocycles. The topological polar surface area (TPSA) is 41.5 Å². The normalized spacial score (nSPS) is 30.9. The van der Waals surface area contributed by atoms with Gasteiger partial charge in [-0.1, -0.05) is 26.2 Å². The molecule has 0 bridgehead atoms. The lowest BCUT2D eigenvalue weighted by molar-refractivity contribution is 0.0764. The molecule has 0 spiro atoms. The molecule has 0 aliphatic heterocycles. The Kier molecular flexibility index (Phi) is 6.11. The fourth-order valence-corrected chi connectivity index (χ4v) is 3.42. The zero-order chi connectivity index (χ0) is 13.6. The average Bonchev–Trinajstić information content (AvgIpc) is 3.14. The highest BCUT2D eigenvalue weighted by molar-refractivity contribution is 5.02. The number of hydrogen-bond acceptors (Lipinski definition) is 3. The van der Waals surface area contributed by atoms with E-state index in [4.69, 9.17) is 4.74 Å². The molecule has 3 heteroatoms. The van der Waals surface area contributed by atoms with E-state index >= 15 is 0 Å². The van der Waals surface area contributed by atoms with E-state index in [1.807, 2.05) is 0 Å². The molecule has 2 aliphatic rings. The van der Waals surface area contributed by atoms with Gasteiger partial charge >= 0.3 is 0 Å². The van der Waals surface area contributed by atoms with Gasteiger partial charge in [0.2, 0.25) is 0 Å². The monoisotopic (exact) mass is 269 g/mol. The van der Waals surface area contributed by atoms with E-state index in [0.29, 0.717) is 18.6 Å². The molecule has 0 saturated heterocycles. The van der Waals surface area contributed by atoms with Gasteiger partial charge in [-0.25, -0.2) is 0 Å². The van der Waals surface area contributed by atoms with Crippen molar-refractivity contribution in [2.45, 2.75) is 76.3 Å². The van der Waals surface area contributed by atoms with Crippen LogP contribution >= 0.6 is 0 Å². The highest BCUT2D eigenvalue weighted by Crippen LogP contribution is 2.40. The van der Waals surface area contributed by atoms with Gasteiger partial charge in [-0.05, 0) is 44.4 Å². The molecule has 2 atom stereocenters. The van der Waals surface area contributed by atoms with Crippen LogP contribution in [0.2, 0.25) is 0 Å². The zero-order valence-corrected chi connectivity index (χ0v) is 12.5. The maximum Gasteiger partial charge on any atom is 0.0616 e. The number of aliphatic hydroxyl groups is 1. The van der Waals surface area contributed by atoms with E-state index in [2.05, 4.69) is 12.2 Å². The van der Waals surface area contributed by atoms with Gasteiger partial charge in [-0.2, -0.15) is 0 Å². The van der Waals surface area contributed by atoms with Gasteiger partial charge in [0.1, 0.15) is 0 Å². The molecule has 2 aliphatic carbocycles. The van der Waals surface area contributed by atoms with Crippen LogP contribution < -0.4 is 5.32 Å². The average molecular weight is 269 g/mol. The van der Waals surface area contributed by atoms with Crippen molar-refractivity contribution < 1.29 is 9.84 Å². The van der Waals surface area contributed by atoms with Crippen LogP contribution in [0, 0.1) is 5.92 Å². The predicted molar refractivity (Wildman–Crippen MR) is 78.3 cm³/mol. The third-order valence-corrected chi connectivity index (χ3v) is 4.81. The summed E-state index contributed by atoms with van der Waals surface area (Å²) in [7, 11) is 0. The Morgan fingerprint density at radius 2 is 2.05 bits per heavy atom. The first-order chi connectivity index (χ1) is 9.30. The summed E-state index contributed by atoms with van der Waals surface area (Å²) < 4.78 is 5.75. The first-order valence-electron chi connectivity index (χ1n) is 8.27. The lowest BCUT2D eigenvalue weighted by atomic mass is 9.85. The largest absolute Gasteiger partial charge is 0.394 e. The molecule has 19 heavy (non-hydrogen) atoms. The molecule has 2 unspecified atom stereocenters. The second-order valence-corrected chi connectivity index (χ2v) is 6.43. The Bertz CT molecular complexity index is 255. The van der Waals surface area contributed by atoms with E-state index in [0.717, 1.165) is 26.1 Å². The fraction of sp³-hybridized carbons (Fsp3) is 1.00. The van der Waals surface area contributed by atoms with Crippen LogP contribution in [0.1, 0.15) is 64.7 Å². The number of nitrogens with one attached hydrogen (secondary N) is 1. The molecule has 0 aromatic rings. The highest BCUT2D eigenvalue weighted by Gasteiger charge is 2.44. The summed E-state index contributed by atoms with van der Waals surface area (Å²) in [4.78, 5) is 0. The molecule has 0 aromatic carbocycles. The van der Waals surface area contributed by atoms with Crippen molar-refractivity contribution in [1.82, 2.24) is 5.32 Å². The summed E-state index contributed by atoms with van der Waals surface area (Å²) >= 11 is 0. The van der Waals surface area contributed by atoms with Gasteiger partial charge in [-0.15, -0.1) is 0 Å². The smallest absolute Gasteiger partial charge is 0.0616 e. The van der Waals surface area contributed by atoms with E-state index in [-0.39, 0.29) is 5.54 Å².